The van der Waals surface area contributed by atoms with E-state index in [1.54, 1.807) is 24.3 Å². The summed E-state index contributed by atoms with van der Waals surface area (Å²) >= 11 is 5.86. The smallest absolute Gasteiger partial charge is 0.322 e. The average molecular weight is 348 g/mol. The maximum absolute atomic E-state index is 13.7. The topological polar surface area (TPSA) is 81.8 Å². The number of nitrogens with zero attached hydrogens (tertiary/aromatic N) is 4. The van der Waals surface area contributed by atoms with Gasteiger partial charge in [-0.1, -0.05) is 17.7 Å². The summed E-state index contributed by atoms with van der Waals surface area (Å²) < 4.78 is 15.9. The molecule has 3 rings (SSSR count). The molecule has 1 amide bonds. The van der Waals surface area contributed by atoms with Crippen LogP contribution in [0.2, 0.25) is 5.02 Å². The van der Waals surface area contributed by atoms with E-state index >= 15 is 0 Å². The molecule has 0 atom stereocenters. The van der Waals surface area contributed by atoms with E-state index in [0.29, 0.717) is 11.4 Å². The van der Waals surface area contributed by atoms with Crippen LogP contribution in [0.3, 0.4) is 0 Å². The Bertz CT molecular complexity index is 944. The second-order valence-corrected chi connectivity index (χ2v) is 5.30. The Kier molecular flexibility index (Phi) is 4.13. The van der Waals surface area contributed by atoms with Crippen LogP contribution < -0.4 is 11.0 Å². The van der Waals surface area contributed by atoms with Gasteiger partial charge >= 0.3 is 5.69 Å². The Hall–Kier alpha value is -3.00. The van der Waals surface area contributed by atoms with Gasteiger partial charge in [-0.15, -0.1) is 0 Å². The molecule has 0 unspecified atom stereocenters. The molecule has 2 aromatic carbocycles. The molecule has 0 aliphatic rings. The molecule has 0 radical (unpaired) electrons. The zero-order valence-corrected chi connectivity index (χ0v) is 13.2. The van der Waals surface area contributed by atoms with Crippen molar-refractivity contribution in [1.82, 2.24) is 19.8 Å². The van der Waals surface area contributed by atoms with E-state index in [1.807, 2.05) is 0 Å². The van der Waals surface area contributed by atoms with E-state index in [9.17, 15) is 14.0 Å². The number of hydrogen-bond donors (Lipinski definition) is 1. The van der Waals surface area contributed by atoms with E-state index in [4.69, 9.17) is 11.6 Å². The Labute approximate surface area is 140 Å². The van der Waals surface area contributed by atoms with Crippen molar-refractivity contribution in [3.05, 3.63) is 69.4 Å². The number of tetrazole rings is 1. The van der Waals surface area contributed by atoms with Gasteiger partial charge in [-0.2, -0.15) is 9.36 Å². The van der Waals surface area contributed by atoms with E-state index in [-0.39, 0.29) is 10.6 Å². The lowest BCUT2D eigenvalue weighted by molar-refractivity contribution is 0.102. The number of carbonyl (C=O) groups is 1. The number of benzene rings is 2. The first-order valence-corrected chi connectivity index (χ1v) is 7.20. The maximum atomic E-state index is 13.7. The summed E-state index contributed by atoms with van der Waals surface area (Å²) in [5.74, 6) is -1.37. The number of hydrogen-bond acceptors (Lipinski definition) is 4. The zero-order chi connectivity index (χ0) is 17.3. The number of anilines is 1. The zero-order valence-electron chi connectivity index (χ0n) is 12.4. The van der Waals surface area contributed by atoms with Crippen molar-refractivity contribution in [1.29, 1.82) is 0 Å². The highest BCUT2D eigenvalue weighted by molar-refractivity contribution is 6.34. The summed E-state index contributed by atoms with van der Waals surface area (Å²) in [6.45, 7) is 0. The third kappa shape index (κ3) is 2.91. The molecule has 1 N–H and O–H groups in total. The van der Waals surface area contributed by atoms with Crippen molar-refractivity contribution < 1.29 is 9.18 Å². The Morgan fingerprint density at radius 2 is 1.88 bits per heavy atom. The molecule has 1 aromatic heterocycles. The fraction of sp³-hybridized carbons (Fsp3) is 0.0667. The monoisotopic (exact) mass is 347 g/mol. The van der Waals surface area contributed by atoms with Crippen molar-refractivity contribution >= 4 is 23.2 Å². The highest BCUT2D eigenvalue weighted by Crippen LogP contribution is 2.21. The van der Waals surface area contributed by atoms with E-state index < -0.39 is 17.4 Å². The molecular weight excluding hydrogens is 337 g/mol. The molecule has 3 aromatic rings. The first kappa shape index (κ1) is 15.9. The largest absolute Gasteiger partial charge is 0.368 e. The summed E-state index contributed by atoms with van der Waals surface area (Å²) in [6.07, 6.45) is 0. The van der Waals surface area contributed by atoms with E-state index in [1.165, 1.54) is 19.2 Å². The number of rotatable bonds is 3. The third-order valence-corrected chi connectivity index (χ3v) is 3.60. The predicted octanol–water partition coefficient (Wildman–Crippen LogP) is 2.01. The number of aromatic nitrogens is 4. The van der Waals surface area contributed by atoms with Gasteiger partial charge in [-0.3, -0.25) is 4.79 Å². The molecule has 0 saturated carbocycles. The quantitative estimate of drug-likeness (QED) is 0.785. The second kappa shape index (κ2) is 6.25. The average Bonchev–Trinajstić information content (AvgIpc) is 2.88. The van der Waals surface area contributed by atoms with Crippen molar-refractivity contribution in [2.24, 2.45) is 7.05 Å². The summed E-state index contributed by atoms with van der Waals surface area (Å²) in [6, 6.07) is 10.3. The summed E-state index contributed by atoms with van der Waals surface area (Å²) in [5.41, 5.74) is 0.272. The molecule has 0 fully saturated rings. The Morgan fingerprint density at radius 1 is 1.17 bits per heavy atom. The van der Waals surface area contributed by atoms with Crippen LogP contribution in [-0.4, -0.2) is 25.7 Å². The summed E-state index contributed by atoms with van der Waals surface area (Å²) in [7, 11) is 1.48. The standard InChI is InChI=1S/C15H11ClFN5O2/c1-21-15(24)22(20-19-21)10-7-5-9(6-8-10)18-14(23)13-11(16)3-2-4-12(13)17/h2-8H,1H3,(H,18,23). The number of carbonyl (C=O) groups excluding carboxylic acids is 1. The molecule has 0 aliphatic carbocycles. The van der Waals surface area contributed by atoms with Gasteiger partial charge in [0.05, 0.1) is 16.3 Å². The number of nitrogens with one attached hydrogen (secondary N) is 1. The van der Waals surface area contributed by atoms with Crippen molar-refractivity contribution in [3.63, 3.8) is 0 Å². The molecule has 0 saturated heterocycles. The minimum atomic E-state index is -0.706. The maximum Gasteiger partial charge on any atom is 0.368 e. The number of halogens is 2. The van der Waals surface area contributed by atoms with Crippen LogP contribution in [-0.2, 0) is 7.05 Å². The lowest BCUT2D eigenvalue weighted by atomic mass is 10.2. The van der Waals surface area contributed by atoms with Gasteiger partial charge in [0.1, 0.15) is 5.82 Å². The van der Waals surface area contributed by atoms with Gasteiger partial charge in [-0.05, 0) is 46.8 Å². The molecule has 9 heteroatoms. The molecule has 122 valence electrons. The van der Waals surface area contributed by atoms with E-state index in [2.05, 4.69) is 15.7 Å². The first-order chi connectivity index (χ1) is 11.5. The van der Waals surface area contributed by atoms with Gasteiger partial charge in [0.25, 0.3) is 5.91 Å². The molecule has 24 heavy (non-hydrogen) atoms. The van der Waals surface area contributed by atoms with Gasteiger partial charge in [0.15, 0.2) is 0 Å². The molecule has 0 aliphatic heterocycles. The van der Waals surface area contributed by atoms with Gasteiger partial charge < -0.3 is 5.32 Å². The molecule has 7 nitrogen and oxygen atoms in total. The highest BCUT2D eigenvalue weighted by Gasteiger charge is 2.16. The molecule has 1 heterocycles. The Morgan fingerprint density at radius 3 is 2.46 bits per heavy atom. The molecular formula is C15H11ClFN5O2. The van der Waals surface area contributed by atoms with Crippen LogP contribution in [0.5, 0.6) is 0 Å². The highest BCUT2D eigenvalue weighted by atomic mass is 35.5. The fourth-order valence-electron chi connectivity index (χ4n) is 2.07. The van der Waals surface area contributed by atoms with Gasteiger partial charge in [0, 0.05) is 12.7 Å². The van der Waals surface area contributed by atoms with Crippen LogP contribution >= 0.6 is 11.6 Å². The van der Waals surface area contributed by atoms with Gasteiger partial charge in [0.2, 0.25) is 0 Å². The lowest BCUT2D eigenvalue weighted by Gasteiger charge is -2.08. The number of amides is 1. The number of aryl methyl sites for hydroxylation is 1. The van der Waals surface area contributed by atoms with Crippen molar-refractivity contribution in [2.45, 2.75) is 0 Å². The minimum absolute atomic E-state index is 0.0234. The third-order valence-electron chi connectivity index (χ3n) is 3.28. The second-order valence-electron chi connectivity index (χ2n) is 4.89. The van der Waals surface area contributed by atoms with Crippen LogP contribution in [0.4, 0.5) is 10.1 Å². The molecule has 0 spiro atoms. The summed E-state index contributed by atoms with van der Waals surface area (Å²) in [5, 5.41) is 9.89. The summed E-state index contributed by atoms with van der Waals surface area (Å²) in [4.78, 5) is 23.9. The lowest BCUT2D eigenvalue weighted by Crippen LogP contribution is -2.21. The van der Waals surface area contributed by atoms with Crippen LogP contribution in [0.1, 0.15) is 10.4 Å². The van der Waals surface area contributed by atoms with Crippen LogP contribution in [0, 0.1) is 5.82 Å². The SMILES string of the molecule is Cn1nnn(-c2ccc(NC(=O)c3c(F)cccc3Cl)cc2)c1=O. The Balaban J connectivity index is 1.83. The fourth-order valence-corrected chi connectivity index (χ4v) is 2.32. The van der Waals surface area contributed by atoms with Crippen molar-refractivity contribution in [3.8, 4) is 5.69 Å². The van der Waals surface area contributed by atoms with Crippen LogP contribution in [0.25, 0.3) is 5.69 Å². The van der Waals surface area contributed by atoms with Gasteiger partial charge in [-0.25, -0.2) is 9.18 Å². The predicted molar refractivity (Wildman–Crippen MR) is 86.0 cm³/mol. The first-order valence-electron chi connectivity index (χ1n) is 6.82. The van der Waals surface area contributed by atoms with E-state index in [0.717, 1.165) is 15.4 Å². The normalized spacial score (nSPS) is 10.6. The van der Waals surface area contributed by atoms with Crippen LogP contribution in [0.15, 0.2) is 47.3 Å². The molecule has 0 bridgehead atoms. The minimum Gasteiger partial charge on any atom is -0.322 e. The van der Waals surface area contributed by atoms with Crippen molar-refractivity contribution in [2.75, 3.05) is 5.32 Å².